The van der Waals surface area contributed by atoms with Gasteiger partial charge in [-0.05, 0) is 6.92 Å². The molecular weight excluding hydrogens is 158 g/mol. The summed E-state index contributed by atoms with van der Waals surface area (Å²) in [6, 6.07) is 0. The summed E-state index contributed by atoms with van der Waals surface area (Å²) in [5.74, 6) is -0.661. The Hall–Kier alpha value is -1.65. The predicted octanol–water partition coefficient (Wildman–Crippen LogP) is 0.607. The average Bonchev–Trinajstić information content (AvgIpc) is 2.05. The molecule has 5 heteroatoms. The van der Waals surface area contributed by atoms with Crippen molar-refractivity contribution in [2.24, 2.45) is 0 Å². The Bertz CT molecular complexity index is 288. The highest BCUT2D eigenvalue weighted by molar-refractivity contribution is 5.92. The molecule has 0 bridgehead atoms. The van der Waals surface area contributed by atoms with Gasteiger partial charge in [-0.25, -0.2) is 14.8 Å². The van der Waals surface area contributed by atoms with Crippen molar-refractivity contribution in [1.82, 2.24) is 9.97 Å². The van der Waals surface area contributed by atoms with Gasteiger partial charge in [0.05, 0.1) is 0 Å². The second-order valence-electron chi connectivity index (χ2n) is 2.12. The Morgan fingerprint density at radius 3 is 3.08 bits per heavy atom. The van der Waals surface area contributed by atoms with Gasteiger partial charge in [0.1, 0.15) is 17.7 Å². The van der Waals surface area contributed by atoms with Crippen LogP contribution in [0.1, 0.15) is 17.3 Å². The van der Waals surface area contributed by atoms with Crippen LogP contribution in [0.5, 0.6) is 0 Å². The highest BCUT2D eigenvalue weighted by atomic mass is 16.4. The number of anilines is 1. The molecule has 0 fully saturated rings. The first-order chi connectivity index (χ1) is 5.75. The van der Waals surface area contributed by atoms with Crippen LogP contribution in [0, 0.1) is 0 Å². The van der Waals surface area contributed by atoms with Crippen molar-refractivity contribution in [3.63, 3.8) is 0 Å². The van der Waals surface area contributed by atoms with Gasteiger partial charge >= 0.3 is 5.97 Å². The quantitative estimate of drug-likeness (QED) is 0.689. The maximum Gasteiger partial charge on any atom is 0.341 e. The van der Waals surface area contributed by atoms with E-state index >= 15 is 0 Å². The minimum Gasteiger partial charge on any atom is -0.477 e. The Labute approximate surface area is 69.5 Å². The number of aromatic nitrogens is 2. The van der Waals surface area contributed by atoms with Crippen LogP contribution in [0.25, 0.3) is 0 Å². The van der Waals surface area contributed by atoms with Gasteiger partial charge in [0.2, 0.25) is 0 Å². The third kappa shape index (κ3) is 1.69. The van der Waals surface area contributed by atoms with Crippen LogP contribution in [0.4, 0.5) is 5.82 Å². The number of hydrogen-bond donors (Lipinski definition) is 2. The van der Waals surface area contributed by atoms with Crippen molar-refractivity contribution in [1.29, 1.82) is 0 Å². The average molecular weight is 167 g/mol. The van der Waals surface area contributed by atoms with E-state index in [1.54, 1.807) is 0 Å². The van der Waals surface area contributed by atoms with Gasteiger partial charge < -0.3 is 10.4 Å². The van der Waals surface area contributed by atoms with Gasteiger partial charge in [-0.15, -0.1) is 0 Å². The fraction of sp³-hybridized carbons (Fsp3) is 0.286. The van der Waals surface area contributed by atoms with E-state index in [4.69, 9.17) is 5.11 Å². The molecule has 1 aromatic heterocycles. The van der Waals surface area contributed by atoms with E-state index in [0.717, 1.165) is 0 Å². The van der Waals surface area contributed by atoms with Crippen LogP contribution in [-0.4, -0.2) is 27.6 Å². The lowest BCUT2D eigenvalue weighted by Crippen LogP contribution is -2.07. The molecule has 1 heterocycles. The van der Waals surface area contributed by atoms with Gasteiger partial charge in [0, 0.05) is 12.7 Å². The molecule has 0 aliphatic heterocycles. The molecule has 2 N–H and O–H groups in total. The molecule has 0 atom stereocenters. The first-order valence-electron chi connectivity index (χ1n) is 3.53. The minimum absolute atomic E-state index is 0.0966. The number of aromatic carboxylic acids is 1. The van der Waals surface area contributed by atoms with Crippen LogP contribution >= 0.6 is 0 Å². The van der Waals surface area contributed by atoms with Crippen LogP contribution in [0.15, 0.2) is 12.5 Å². The van der Waals surface area contributed by atoms with E-state index in [2.05, 4.69) is 15.3 Å². The molecule has 0 saturated carbocycles. The Morgan fingerprint density at radius 2 is 2.50 bits per heavy atom. The van der Waals surface area contributed by atoms with Crippen molar-refractivity contribution in [3.05, 3.63) is 18.1 Å². The molecule has 0 aliphatic rings. The summed E-state index contributed by atoms with van der Waals surface area (Å²) < 4.78 is 0. The van der Waals surface area contributed by atoms with Crippen molar-refractivity contribution in [2.75, 3.05) is 11.9 Å². The summed E-state index contributed by atoms with van der Waals surface area (Å²) in [4.78, 5) is 18.0. The Balaban J connectivity index is 3.00. The molecule has 1 rings (SSSR count). The molecular formula is C7H9N3O2. The molecule has 0 unspecified atom stereocenters. The largest absolute Gasteiger partial charge is 0.477 e. The number of rotatable bonds is 3. The van der Waals surface area contributed by atoms with Gasteiger partial charge in [-0.1, -0.05) is 0 Å². The summed E-state index contributed by atoms with van der Waals surface area (Å²) in [6.45, 7) is 2.50. The summed E-state index contributed by atoms with van der Waals surface area (Å²) in [7, 11) is 0. The van der Waals surface area contributed by atoms with Gasteiger partial charge in [-0.3, -0.25) is 0 Å². The molecule has 0 spiro atoms. The van der Waals surface area contributed by atoms with E-state index in [1.165, 1.54) is 12.5 Å². The third-order valence-corrected chi connectivity index (χ3v) is 1.29. The summed E-state index contributed by atoms with van der Waals surface area (Å²) >= 11 is 0. The normalized spacial score (nSPS) is 9.42. The Kier molecular flexibility index (Phi) is 2.57. The molecule has 64 valence electrons. The van der Waals surface area contributed by atoms with E-state index in [1.807, 2.05) is 6.92 Å². The van der Waals surface area contributed by atoms with Crippen LogP contribution in [0.2, 0.25) is 0 Å². The first-order valence-corrected chi connectivity index (χ1v) is 3.53. The second kappa shape index (κ2) is 3.66. The fourth-order valence-corrected chi connectivity index (χ4v) is 0.794. The maximum absolute atomic E-state index is 10.6. The molecule has 1 aromatic rings. The monoisotopic (exact) mass is 167 g/mol. The molecule has 0 aromatic carbocycles. The Morgan fingerprint density at radius 1 is 1.75 bits per heavy atom. The van der Waals surface area contributed by atoms with E-state index in [9.17, 15) is 4.79 Å². The van der Waals surface area contributed by atoms with Crippen LogP contribution in [-0.2, 0) is 0 Å². The zero-order valence-electron chi connectivity index (χ0n) is 6.61. The number of carbonyl (C=O) groups is 1. The fourth-order valence-electron chi connectivity index (χ4n) is 0.794. The SMILES string of the molecule is CCNc1ncncc1C(=O)O. The van der Waals surface area contributed by atoms with Gasteiger partial charge in [-0.2, -0.15) is 0 Å². The van der Waals surface area contributed by atoms with E-state index in [0.29, 0.717) is 12.4 Å². The summed E-state index contributed by atoms with van der Waals surface area (Å²) in [5.41, 5.74) is 0.0966. The molecule has 0 radical (unpaired) electrons. The maximum atomic E-state index is 10.6. The molecule has 12 heavy (non-hydrogen) atoms. The smallest absolute Gasteiger partial charge is 0.341 e. The highest BCUT2D eigenvalue weighted by Crippen LogP contribution is 2.08. The molecule has 5 nitrogen and oxygen atoms in total. The molecule has 0 saturated heterocycles. The lowest BCUT2D eigenvalue weighted by Gasteiger charge is -2.03. The highest BCUT2D eigenvalue weighted by Gasteiger charge is 2.09. The minimum atomic E-state index is -1.02. The second-order valence-corrected chi connectivity index (χ2v) is 2.12. The first kappa shape index (κ1) is 8.45. The summed E-state index contributed by atoms with van der Waals surface area (Å²) in [6.07, 6.45) is 2.58. The topological polar surface area (TPSA) is 75.1 Å². The van der Waals surface area contributed by atoms with Gasteiger partial charge in [0.25, 0.3) is 0 Å². The van der Waals surface area contributed by atoms with Crippen molar-refractivity contribution in [2.45, 2.75) is 6.92 Å². The lowest BCUT2D eigenvalue weighted by atomic mass is 10.3. The summed E-state index contributed by atoms with van der Waals surface area (Å²) in [5, 5.41) is 11.5. The van der Waals surface area contributed by atoms with Crippen LogP contribution < -0.4 is 5.32 Å². The molecule has 0 aliphatic carbocycles. The predicted molar refractivity (Wildman–Crippen MR) is 43.2 cm³/mol. The number of carboxylic acid groups (broad SMARTS) is 1. The van der Waals surface area contributed by atoms with E-state index in [-0.39, 0.29) is 5.56 Å². The van der Waals surface area contributed by atoms with E-state index < -0.39 is 5.97 Å². The number of nitrogens with one attached hydrogen (secondary N) is 1. The number of carboxylic acids is 1. The number of hydrogen-bond acceptors (Lipinski definition) is 4. The van der Waals surface area contributed by atoms with Gasteiger partial charge in [0.15, 0.2) is 0 Å². The van der Waals surface area contributed by atoms with Crippen molar-refractivity contribution >= 4 is 11.8 Å². The standard InChI is InChI=1S/C7H9N3O2/c1-2-9-6-5(7(11)12)3-8-4-10-6/h3-4H,2H2,1H3,(H,11,12)(H,8,9,10). The van der Waals surface area contributed by atoms with Crippen molar-refractivity contribution in [3.8, 4) is 0 Å². The third-order valence-electron chi connectivity index (χ3n) is 1.29. The zero-order valence-corrected chi connectivity index (χ0v) is 6.61. The van der Waals surface area contributed by atoms with Crippen LogP contribution in [0.3, 0.4) is 0 Å². The number of nitrogens with zero attached hydrogens (tertiary/aromatic N) is 2. The zero-order chi connectivity index (χ0) is 8.97. The van der Waals surface area contributed by atoms with Crippen molar-refractivity contribution < 1.29 is 9.90 Å². The molecule has 0 amide bonds. The lowest BCUT2D eigenvalue weighted by molar-refractivity contribution is 0.0697.